The molecule has 0 fully saturated rings. The number of thiophene rings is 1. The second-order valence-corrected chi connectivity index (χ2v) is 4.95. The molecule has 0 spiro atoms. The summed E-state index contributed by atoms with van der Waals surface area (Å²) in [4.78, 5) is 13.1. The van der Waals surface area contributed by atoms with Gasteiger partial charge in [0.2, 0.25) is 0 Å². The number of carbonyl (C=O) groups excluding carboxylic acids is 1. The molecule has 0 N–H and O–H groups in total. The van der Waals surface area contributed by atoms with E-state index in [0.717, 1.165) is 24.8 Å². The van der Waals surface area contributed by atoms with Crippen molar-refractivity contribution < 1.29 is 4.79 Å². The smallest absolute Gasteiger partial charge is 0.163 e. The number of Topliss-reactive ketones (excluding diaryl/α,β-unsaturated/α-hetero) is 1. The molecule has 76 valence electrons. The van der Waals surface area contributed by atoms with E-state index in [-0.39, 0.29) is 0 Å². The Labute approximate surface area is 89.1 Å². The number of aryl methyl sites for hydroxylation is 1. The second-order valence-electron chi connectivity index (χ2n) is 3.95. The van der Waals surface area contributed by atoms with Crippen LogP contribution in [0.15, 0.2) is 11.4 Å². The normalized spacial score (nSPS) is 19.0. The summed E-state index contributed by atoms with van der Waals surface area (Å²) in [5.74, 6) is 0.364. The highest BCUT2D eigenvalue weighted by atomic mass is 32.1. The van der Waals surface area contributed by atoms with Gasteiger partial charge in [-0.05, 0) is 30.7 Å². The number of ketones is 1. The predicted octanol–water partition coefficient (Wildman–Crippen LogP) is 3.83. The summed E-state index contributed by atoms with van der Waals surface area (Å²) in [6, 6.07) is 2.00. The fourth-order valence-electron chi connectivity index (χ4n) is 2.02. The van der Waals surface area contributed by atoms with Crippen LogP contribution in [0.5, 0.6) is 0 Å². The first kappa shape index (κ1) is 9.91. The van der Waals surface area contributed by atoms with E-state index in [9.17, 15) is 4.79 Å². The molecule has 1 aliphatic carbocycles. The van der Waals surface area contributed by atoms with E-state index in [1.807, 2.05) is 6.07 Å². The molecule has 0 bridgehead atoms. The first-order valence-electron chi connectivity index (χ1n) is 5.47. The van der Waals surface area contributed by atoms with Crippen LogP contribution in [0, 0.1) is 0 Å². The standard InChI is InChI=1S/C12H16OS/c13-11-6-4-2-1-3-5-7-12-10(11)8-9-14-12/h8-9H,1-7H2. The molecule has 0 saturated carbocycles. The van der Waals surface area contributed by atoms with Crippen molar-refractivity contribution >= 4 is 17.1 Å². The Morgan fingerprint density at radius 3 is 2.57 bits per heavy atom. The molecule has 2 rings (SSSR count). The SMILES string of the molecule is O=C1CCCCCCCc2sccc21. The molecule has 1 aromatic rings. The Morgan fingerprint density at radius 1 is 1.00 bits per heavy atom. The van der Waals surface area contributed by atoms with Gasteiger partial charge in [-0.25, -0.2) is 0 Å². The van der Waals surface area contributed by atoms with Crippen molar-refractivity contribution in [2.75, 3.05) is 0 Å². The molecular weight excluding hydrogens is 192 g/mol. The van der Waals surface area contributed by atoms with Crippen LogP contribution in [-0.4, -0.2) is 5.78 Å². The van der Waals surface area contributed by atoms with Crippen molar-refractivity contribution in [3.8, 4) is 0 Å². The Hall–Kier alpha value is -0.630. The van der Waals surface area contributed by atoms with Crippen molar-refractivity contribution in [2.45, 2.75) is 44.9 Å². The topological polar surface area (TPSA) is 17.1 Å². The van der Waals surface area contributed by atoms with E-state index >= 15 is 0 Å². The van der Waals surface area contributed by atoms with Crippen molar-refractivity contribution in [3.63, 3.8) is 0 Å². The molecule has 0 saturated heterocycles. The summed E-state index contributed by atoms with van der Waals surface area (Å²) >= 11 is 1.75. The predicted molar refractivity (Wildman–Crippen MR) is 60.1 cm³/mol. The van der Waals surface area contributed by atoms with Crippen LogP contribution in [0.3, 0.4) is 0 Å². The van der Waals surface area contributed by atoms with Gasteiger partial charge >= 0.3 is 0 Å². The highest BCUT2D eigenvalue weighted by Gasteiger charge is 2.13. The summed E-state index contributed by atoms with van der Waals surface area (Å²) in [5.41, 5.74) is 1.01. The third kappa shape index (κ3) is 2.24. The summed E-state index contributed by atoms with van der Waals surface area (Å²) in [5, 5.41) is 2.06. The lowest BCUT2D eigenvalue weighted by Gasteiger charge is -2.07. The molecule has 14 heavy (non-hydrogen) atoms. The molecule has 0 aromatic carbocycles. The number of carbonyl (C=O) groups is 1. The lowest BCUT2D eigenvalue weighted by Crippen LogP contribution is -2.02. The molecule has 1 heterocycles. The minimum Gasteiger partial charge on any atom is -0.294 e. The number of fused-ring (bicyclic) bond motifs is 1. The molecule has 0 amide bonds. The van der Waals surface area contributed by atoms with Crippen molar-refractivity contribution in [1.82, 2.24) is 0 Å². The van der Waals surface area contributed by atoms with Gasteiger partial charge in [-0.1, -0.05) is 19.3 Å². The van der Waals surface area contributed by atoms with Gasteiger partial charge in [-0.15, -0.1) is 11.3 Å². The van der Waals surface area contributed by atoms with Crippen LogP contribution in [0.2, 0.25) is 0 Å². The summed E-state index contributed by atoms with van der Waals surface area (Å²) in [6.07, 6.45) is 8.04. The fourth-order valence-corrected chi connectivity index (χ4v) is 2.96. The van der Waals surface area contributed by atoms with E-state index < -0.39 is 0 Å². The van der Waals surface area contributed by atoms with E-state index in [1.165, 1.54) is 30.6 Å². The van der Waals surface area contributed by atoms with Gasteiger partial charge in [0.25, 0.3) is 0 Å². The fraction of sp³-hybridized carbons (Fsp3) is 0.583. The highest BCUT2D eigenvalue weighted by molar-refractivity contribution is 7.10. The van der Waals surface area contributed by atoms with Gasteiger partial charge in [0, 0.05) is 16.9 Å². The molecular formula is C12H16OS. The largest absolute Gasteiger partial charge is 0.294 e. The van der Waals surface area contributed by atoms with E-state index in [1.54, 1.807) is 11.3 Å². The second kappa shape index (κ2) is 4.74. The first-order chi connectivity index (χ1) is 6.88. The monoisotopic (exact) mass is 208 g/mol. The lowest BCUT2D eigenvalue weighted by atomic mass is 9.99. The molecule has 0 aliphatic heterocycles. The third-order valence-electron chi connectivity index (χ3n) is 2.85. The molecule has 0 atom stereocenters. The van der Waals surface area contributed by atoms with Gasteiger partial charge in [0.05, 0.1) is 0 Å². The van der Waals surface area contributed by atoms with Crippen LogP contribution in [0.25, 0.3) is 0 Å². The Balaban J connectivity index is 2.16. The first-order valence-corrected chi connectivity index (χ1v) is 6.35. The van der Waals surface area contributed by atoms with Crippen LogP contribution in [0.1, 0.15) is 53.8 Å². The molecule has 0 unspecified atom stereocenters. The lowest BCUT2D eigenvalue weighted by molar-refractivity contribution is 0.0978. The Morgan fingerprint density at radius 2 is 1.71 bits per heavy atom. The van der Waals surface area contributed by atoms with Crippen LogP contribution in [-0.2, 0) is 6.42 Å². The Kier molecular flexibility index (Phi) is 3.35. The zero-order valence-corrected chi connectivity index (χ0v) is 9.24. The van der Waals surface area contributed by atoms with E-state index in [4.69, 9.17) is 0 Å². The molecule has 1 nitrogen and oxygen atoms in total. The zero-order chi connectivity index (χ0) is 9.80. The van der Waals surface area contributed by atoms with E-state index in [0.29, 0.717) is 5.78 Å². The maximum Gasteiger partial charge on any atom is 0.163 e. The minimum absolute atomic E-state index is 0.364. The molecule has 1 aliphatic rings. The van der Waals surface area contributed by atoms with Gasteiger partial charge in [0.1, 0.15) is 0 Å². The van der Waals surface area contributed by atoms with Gasteiger partial charge in [0.15, 0.2) is 5.78 Å². The summed E-state index contributed by atoms with van der Waals surface area (Å²) in [7, 11) is 0. The molecule has 2 heteroatoms. The summed E-state index contributed by atoms with van der Waals surface area (Å²) in [6.45, 7) is 0. The highest BCUT2D eigenvalue weighted by Crippen LogP contribution is 2.23. The van der Waals surface area contributed by atoms with Crippen LogP contribution >= 0.6 is 11.3 Å². The van der Waals surface area contributed by atoms with Crippen LogP contribution < -0.4 is 0 Å². The quantitative estimate of drug-likeness (QED) is 0.633. The van der Waals surface area contributed by atoms with Gasteiger partial charge in [-0.2, -0.15) is 0 Å². The van der Waals surface area contributed by atoms with Crippen molar-refractivity contribution in [1.29, 1.82) is 0 Å². The Bertz CT molecular complexity index is 314. The van der Waals surface area contributed by atoms with Crippen molar-refractivity contribution in [2.24, 2.45) is 0 Å². The number of hydrogen-bond acceptors (Lipinski definition) is 2. The molecule has 0 radical (unpaired) electrons. The zero-order valence-electron chi connectivity index (χ0n) is 8.42. The van der Waals surface area contributed by atoms with Crippen LogP contribution in [0.4, 0.5) is 0 Å². The average Bonchev–Trinajstić information content (AvgIpc) is 2.64. The number of rotatable bonds is 0. The van der Waals surface area contributed by atoms with E-state index in [2.05, 4.69) is 5.38 Å². The minimum atomic E-state index is 0.364. The summed E-state index contributed by atoms with van der Waals surface area (Å²) < 4.78 is 0. The number of hydrogen-bond donors (Lipinski definition) is 0. The average molecular weight is 208 g/mol. The van der Waals surface area contributed by atoms with Gasteiger partial charge < -0.3 is 0 Å². The van der Waals surface area contributed by atoms with Gasteiger partial charge in [-0.3, -0.25) is 4.79 Å². The third-order valence-corrected chi connectivity index (χ3v) is 3.83. The van der Waals surface area contributed by atoms with Crippen molar-refractivity contribution in [3.05, 3.63) is 21.9 Å². The maximum atomic E-state index is 11.8. The maximum absolute atomic E-state index is 11.8. The molecule has 1 aromatic heterocycles.